The SMILES string of the molecule is [CH2]c1ccc(-c2nccc(-c3cccc(-c4ccc5c(OC)c(CNC6CCN(C(C)=O)CC6)cc(Cl)c5n4)c3Cl)c2Cl)cc1OC. The van der Waals surface area contributed by atoms with Gasteiger partial charge in [0.15, 0.2) is 0 Å². The molecule has 0 bridgehead atoms. The Morgan fingerprint density at radius 2 is 1.70 bits per heavy atom. The van der Waals surface area contributed by atoms with E-state index in [1.54, 1.807) is 27.3 Å². The van der Waals surface area contributed by atoms with E-state index >= 15 is 0 Å². The maximum Gasteiger partial charge on any atom is 0.219 e. The number of nitrogens with one attached hydrogen (secondary N) is 1. The molecular formula is C37H34Cl3N4O3. The minimum absolute atomic E-state index is 0.124. The van der Waals surface area contributed by atoms with Gasteiger partial charge in [-0.05, 0) is 55.7 Å². The summed E-state index contributed by atoms with van der Waals surface area (Å²) in [5, 5.41) is 5.92. The van der Waals surface area contributed by atoms with Crippen LogP contribution in [0.1, 0.15) is 30.9 Å². The fourth-order valence-corrected chi connectivity index (χ4v) is 7.07. The van der Waals surface area contributed by atoms with Crippen LogP contribution in [0.3, 0.4) is 0 Å². The maximum absolute atomic E-state index is 11.7. The second-order valence-corrected chi connectivity index (χ2v) is 12.7. The first kappa shape index (κ1) is 33.0. The van der Waals surface area contributed by atoms with Crippen molar-refractivity contribution >= 4 is 51.6 Å². The quantitative estimate of drug-likeness (QED) is 0.176. The molecule has 1 N–H and O–H groups in total. The van der Waals surface area contributed by atoms with E-state index in [2.05, 4.69) is 17.2 Å². The van der Waals surface area contributed by atoms with Crippen molar-refractivity contribution in [3.8, 4) is 45.1 Å². The third kappa shape index (κ3) is 6.63. The van der Waals surface area contributed by atoms with Gasteiger partial charge < -0.3 is 19.7 Å². The van der Waals surface area contributed by atoms with Crippen LogP contribution in [0.15, 0.2) is 66.9 Å². The number of carbonyl (C=O) groups is 1. The second kappa shape index (κ2) is 14.1. The zero-order valence-corrected chi connectivity index (χ0v) is 28.6. The highest BCUT2D eigenvalue weighted by molar-refractivity contribution is 6.39. The van der Waals surface area contributed by atoms with E-state index in [9.17, 15) is 4.79 Å². The molecule has 47 heavy (non-hydrogen) atoms. The van der Waals surface area contributed by atoms with Crippen molar-refractivity contribution < 1.29 is 14.3 Å². The van der Waals surface area contributed by atoms with Crippen LogP contribution in [0.2, 0.25) is 15.1 Å². The van der Waals surface area contributed by atoms with Crippen LogP contribution in [0.25, 0.3) is 44.5 Å². The molecule has 10 heteroatoms. The largest absolute Gasteiger partial charge is 0.496 e. The molecule has 1 amide bonds. The van der Waals surface area contributed by atoms with Crippen LogP contribution in [0.5, 0.6) is 11.5 Å². The van der Waals surface area contributed by atoms with E-state index in [4.69, 9.17) is 49.3 Å². The molecule has 0 saturated carbocycles. The second-order valence-electron chi connectivity index (χ2n) is 11.5. The Bertz CT molecular complexity index is 1980. The van der Waals surface area contributed by atoms with Crippen LogP contribution in [0.4, 0.5) is 0 Å². The van der Waals surface area contributed by atoms with Gasteiger partial charge in [-0.15, -0.1) is 0 Å². The fourth-order valence-electron chi connectivity index (χ4n) is 6.14. The normalized spacial score (nSPS) is 13.6. The van der Waals surface area contributed by atoms with Crippen LogP contribution in [-0.4, -0.2) is 54.1 Å². The summed E-state index contributed by atoms with van der Waals surface area (Å²) in [5.74, 6) is 1.49. The highest BCUT2D eigenvalue weighted by Crippen LogP contribution is 2.43. The van der Waals surface area contributed by atoms with Crippen molar-refractivity contribution in [1.82, 2.24) is 20.2 Å². The van der Waals surface area contributed by atoms with Crippen molar-refractivity contribution in [2.45, 2.75) is 32.4 Å². The lowest BCUT2D eigenvalue weighted by Gasteiger charge is -2.32. The van der Waals surface area contributed by atoms with Crippen molar-refractivity contribution in [3.05, 3.63) is 100.0 Å². The van der Waals surface area contributed by atoms with Crippen molar-refractivity contribution in [2.75, 3.05) is 27.3 Å². The third-order valence-electron chi connectivity index (χ3n) is 8.70. The number of carbonyl (C=O) groups excluding carboxylic acids is 1. The van der Waals surface area contributed by atoms with Crippen molar-refractivity contribution in [2.24, 2.45) is 0 Å². The van der Waals surface area contributed by atoms with Gasteiger partial charge in [0.2, 0.25) is 5.91 Å². The van der Waals surface area contributed by atoms with Gasteiger partial charge in [-0.3, -0.25) is 9.78 Å². The zero-order chi connectivity index (χ0) is 33.2. The van der Waals surface area contributed by atoms with Crippen molar-refractivity contribution in [1.29, 1.82) is 0 Å². The van der Waals surface area contributed by atoms with Crippen LogP contribution in [-0.2, 0) is 11.3 Å². The molecule has 1 aliphatic heterocycles. The summed E-state index contributed by atoms with van der Waals surface area (Å²) >= 11 is 20.9. The molecule has 0 aliphatic carbocycles. The van der Waals surface area contributed by atoms with Gasteiger partial charge in [0, 0.05) is 72.0 Å². The monoisotopic (exact) mass is 687 g/mol. The summed E-state index contributed by atoms with van der Waals surface area (Å²) < 4.78 is 11.3. The number of methoxy groups -OCH3 is 2. The highest BCUT2D eigenvalue weighted by atomic mass is 35.5. The van der Waals surface area contributed by atoms with Gasteiger partial charge in [-0.1, -0.05) is 65.1 Å². The Morgan fingerprint density at radius 1 is 0.957 bits per heavy atom. The number of hydrogen-bond donors (Lipinski definition) is 1. The lowest BCUT2D eigenvalue weighted by atomic mass is 9.99. The Labute approximate surface area is 289 Å². The van der Waals surface area contributed by atoms with Gasteiger partial charge >= 0.3 is 0 Å². The minimum atomic E-state index is 0.124. The zero-order valence-electron chi connectivity index (χ0n) is 26.4. The predicted octanol–water partition coefficient (Wildman–Crippen LogP) is 8.89. The van der Waals surface area contributed by atoms with Crippen LogP contribution < -0.4 is 14.8 Å². The summed E-state index contributed by atoms with van der Waals surface area (Å²) in [6.45, 7) is 7.72. The molecule has 241 valence electrons. The van der Waals surface area contributed by atoms with E-state index in [1.807, 2.05) is 65.6 Å². The average molecular weight is 689 g/mol. The van der Waals surface area contributed by atoms with Gasteiger partial charge in [0.1, 0.15) is 11.5 Å². The molecule has 3 heterocycles. The van der Waals surface area contributed by atoms with Gasteiger partial charge in [0.25, 0.3) is 0 Å². The van der Waals surface area contributed by atoms with E-state index in [0.29, 0.717) is 50.3 Å². The molecule has 6 rings (SSSR count). The molecule has 0 spiro atoms. The summed E-state index contributed by atoms with van der Waals surface area (Å²) in [4.78, 5) is 23.1. The van der Waals surface area contributed by atoms with Crippen LogP contribution >= 0.6 is 34.8 Å². The highest BCUT2D eigenvalue weighted by Gasteiger charge is 2.22. The number of aromatic nitrogens is 2. The molecule has 1 aliphatic rings. The fraction of sp³-hybridized carbons (Fsp3) is 0.243. The number of fused-ring (bicyclic) bond motifs is 1. The molecule has 1 fully saturated rings. The summed E-state index contributed by atoms with van der Waals surface area (Å²) in [5.41, 5.74) is 6.64. The number of likely N-dealkylation sites (tertiary alicyclic amines) is 1. The Hall–Kier alpha value is -3.88. The Morgan fingerprint density at radius 3 is 2.43 bits per heavy atom. The van der Waals surface area contributed by atoms with Gasteiger partial charge in [0.05, 0.1) is 46.2 Å². The molecule has 1 radical (unpaired) electrons. The average Bonchev–Trinajstić information content (AvgIpc) is 3.08. The number of nitrogens with zero attached hydrogens (tertiary/aromatic N) is 3. The number of pyridine rings is 2. The van der Waals surface area contributed by atoms with E-state index in [-0.39, 0.29) is 5.91 Å². The molecule has 0 unspecified atom stereocenters. The van der Waals surface area contributed by atoms with E-state index < -0.39 is 0 Å². The molecule has 7 nitrogen and oxygen atoms in total. The first-order chi connectivity index (χ1) is 22.7. The summed E-state index contributed by atoms with van der Waals surface area (Å²) in [7, 11) is 3.26. The molecule has 3 aromatic carbocycles. The number of amides is 1. The number of piperidine rings is 1. The number of hydrogen-bond acceptors (Lipinski definition) is 6. The number of halogens is 3. The molecule has 1 saturated heterocycles. The lowest BCUT2D eigenvalue weighted by molar-refractivity contribution is -0.129. The minimum Gasteiger partial charge on any atom is -0.496 e. The molecule has 0 atom stereocenters. The number of rotatable bonds is 8. The van der Waals surface area contributed by atoms with Gasteiger partial charge in [-0.2, -0.15) is 0 Å². The van der Waals surface area contributed by atoms with Crippen LogP contribution in [0, 0.1) is 6.92 Å². The number of ether oxygens (including phenoxy) is 2. The molecule has 2 aromatic heterocycles. The first-order valence-electron chi connectivity index (χ1n) is 15.3. The predicted molar refractivity (Wildman–Crippen MR) is 191 cm³/mol. The van der Waals surface area contributed by atoms with Crippen molar-refractivity contribution in [3.63, 3.8) is 0 Å². The standard InChI is InChI=1S/C37H34Cl3N4O3/c1-21-8-9-23(19-32(21)46-3)35-34(40)27(12-15-41-35)26-6-5-7-28(33(26)39)31-11-10-29-36(43-31)30(38)18-24(37(29)47-4)20-42-25-13-16-44(17-14-25)22(2)45/h5-12,15,18-19,25,42H,1,13-14,16-17,20H2,2-4H3. The van der Waals surface area contributed by atoms with E-state index in [1.165, 1.54) is 0 Å². The Kier molecular flexibility index (Phi) is 9.90. The molecule has 5 aromatic rings. The Balaban J connectivity index is 1.31. The first-order valence-corrected chi connectivity index (χ1v) is 16.4. The lowest BCUT2D eigenvalue weighted by Crippen LogP contribution is -2.43. The molecular weight excluding hydrogens is 655 g/mol. The van der Waals surface area contributed by atoms with E-state index in [0.717, 1.165) is 70.4 Å². The summed E-state index contributed by atoms with van der Waals surface area (Å²) in [6, 6.07) is 19.4. The third-order valence-corrected chi connectivity index (χ3v) is 9.78. The summed E-state index contributed by atoms with van der Waals surface area (Å²) in [6.07, 6.45) is 3.52. The number of benzene rings is 3. The topological polar surface area (TPSA) is 76.6 Å². The maximum atomic E-state index is 11.7. The van der Waals surface area contributed by atoms with Gasteiger partial charge in [-0.25, -0.2) is 4.98 Å². The smallest absolute Gasteiger partial charge is 0.219 e.